The summed E-state index contributed by atoms with van der Waals surface area (Å²) < 4.78 is 1.03. The van der Waals surface area contributed by atoms with Crippen LogP contribution in [0.2, 0.25) is 0 Å². The lowest BCUT2D eigenvalue weighted by atomic mass is 10.2. The summed E-state index contributed by atoms with van der Waals surface area (Å²) in [5, 5.41) is 11.1. The summed E-state index contributed by atoms with van der Waals surface area (Å²) in [6.07, 6.45) is 0. The van der Waals surface area contributed by atoms with Crippen LogP contribution in [0.4, 0.5) is 0 Å². The maximum absolute atomic E-state index is 11.7. The molecule has 0 unspecified atom stereocenters. The Balaban J connectivity index is 1.74. The van der Waals surface area contributed by atoms with Crippen LogP contribution in [0.5, 0.6) is 0 Å². The highest BCUT2D eigenvalue weighted by atomic mass is 32.2. The maximum atomic E-state index is 11.7. The summed E-state index contributed by atoms with van der Waals surface area (Å²) in [5.41, 5.74) is 1.96. The third-order valence-corrected chi connectivity index (χ3v) is 4.86. The van der Waals surface area contributed by atoms with Gasteiger partial charge in [0.15, 0.2) is 0 Å². The zero-order valence-corrected chi connectivity index (χ0v) is 13.4. The number of nitrogens with zero attached hydrogens (tertiary/aromatic N) is 4. The molecule has 6 nitrogen and oxygen atoms in total. The topological polar surface area (TPSA) is 86.7 Å². The zero-order valence-electron chi connectivity index (χ0n) is 11.8. The average Bonchev–Trinajstić information content (AvgIpc) is 3.02. The van der Waals surface area contributed by atoms with Crippen LogP contribution >= 0.6 is 23.1 Å². The second-order valence-corrected chi connectivity index (χ2v) is 6.34. The smallest absolute Gasteiger partial charge is 0.294 e. The standard InChI is InChI=1S/C14H13N5OS2/c1-9-13(20)19(15)14(18-17-9)22-8-11-7-21-12(16-11)10-5-3-2-4-6-10/h2-7H,8,15H2,1H3. The Morgan fingerprint density at radius 2 is 2.05 bits per heavy atom. The molecule has 1 aromatic carbocycles. The number of hydrogen-bond donors (Lipinski definition) is 1. The second-order valence-electron chi connectivity index (χ2n) is 4.54. The Hall–Kier alpha value is -2.19. The Morgan fingerprint density at radius 1 is 1.27 bits per heavy atom. The van der Waals surface area contributed by atoms with Crippen LogP contribution in [0.1, 0.15) is 11.4 Å². The number of thiazole rings is 1. The van der Waals surface area contributed by atoms with Crippen LogP contribution in [-0.2, 0) is 5.75 Å². The normalized spacial score (nSPS) is 10.8. The van der Waals surface area contributed by atoms with Gasteiger partial charge < -0.3 is 5.84 Å². The molecule has 0 aliphatic heterocycles. The summed E-state index contributed by atoms with van der Waals surface area (Å²) >= 11 is 2.93. The maximum Gasteiger partial charge on any atom is 0.294 e. The number of benzene rings is 1. The van der Waals surface area contributed by atoms with Gasteiger partial charge in [-0.1, -0.05) is 42.1 Å². The van der Waals surface area contributed by atoms with E-state index in [0.29, 0.717) is 10.9 Å². The zero-order chi connectivity index (χ0) is 15.5. The van der Waals surface area contributed by atoms with Crippen LogP contribution in [0.3, 0.4) is 0 Å². The van der Waals surface area contributed by atoms with Gasteiger partial charge in [0.05, 0.1) is 5.69 Å². The minimum Gasteiger partial charge on any atom is -0.334 e. The Kier molecular flexibility index (Phi) is 4.21. The molecule has 0 aliphatic rings. The minimum atomic E-state index is -0.333. The van der Waals surface area contributed by atoms with E-state index in [2.05, 4.69) is 15.2 Å². The first-order valence-corrected chi connectivity index (χ1v) is 8.35. The van der Waals surface area contributed by atoms with Crippen molar-refractivity contribution in [3.05, 3.63) is 57.5 Å². The van der Waals surface area contributed by atoms with Crippen molar-refractivity contribution in [3.8, 4) is 10.6 Å². The quantitative estimate of drug-likeness (QED) is 0.582. The molecule has 2 aromatic heterocycles. The van der Waals surface area contributed by atoms with E-state index in [1.807, 2.05) is 35.7 Å². The number of aromatic nitrogens is 4. The number of rotatable bonds is 4. The van der Waals surface area contributed by atoms with E-state index in [4.69, 9.17) is 5.84 Å². The first-order chi connectivity index (χ1) is 10.6. The van der Waals surface area contributed by atoms with Crippen LogP contribution in [0.15, 0.2) is 45.7 Å². The lowest BCUT2D eigenvalue weighted by Crippen LogP contribution is -2.32. The first kappa shape index (κ1) is 14.7. The van der Waals surface area contributed by atoms with E-state index >= 15 is 0 Å². The highest BCUT2D eigenvalue weighted by molar-refractivity contribution is 7.98. The molecule has 0 radical (unpaired) electrons. The number of aryl methyl sites for hydroxylation is 1. The summed E-state index contributed by atoms with van der Waals surface area (Å²) in [5.74, 6) is 6.29. The SMILES string of the molecule is Cc1nnc(SCc2csc(-c3ccccc3)n2)n(N)c1=O. The summed E-state index contributed by atoms with van der Waals surface area (Å²) in [4.78, 5) is 16.3. The number of nitrogens with two attached hydrogens (primary N) is 1. The predicted octanol–water partition coefficient (Wildman–Crippen LogP) is 2.08. The molecule has 0 saturated heterocycles. The van der Waals surface area contributed by atoms with Crippen molar-refractivity contribution in [2.24, 2.45) is 0 Å². The van der Waals surface area contributed by atoms with Crippen molar-refractivity contribution in [3.63, 3.8) is 0 Å². The van der Waals surface area contributed by atoms with Gasteiger partial charge in [-0.15, -0.1) is 21.5 Å². The van der Waals surface area contributed by atoms with E-state index in [1.165, 1.54) is 11.8 Å². The van der Waals surface area contributed by atoms with E-state index in [9.17, 15) is 4.79 Å². The van der Waals surface area contributed by atoms with Gasteiger partial charge in [0.2, 0.25) is 5.16 Å². The molecule has 0 amide bonds. The van der Waals surface area contributed by atoms with Crippen LogP contribution in [0.25, 0.3) is 10.6 Å². The minimum absolute atomic E-state index is 0.284. The van der Waals surface area contributed by atoms with Crippen molar-refractivity contribution in [1.82, 2.24) is 19.9 Å². The fourth-order valence-corrected chi connectivity index (χ4v) is 3.47. The molecule has 0 fully saturated rings. The number of thioether (sulfide) groups is 1. The first-order valence-electron chi connectivity index (χ1n) is 6.49. The number of nitrogen functional groups attached to an aromatic ring is 1. The van der Waals surface area contributed by atoms with Gasteiger partial charge in [0.1, 0.15) is 10.7 Å². The van der Waals surface area contributed by atoms with Gasteiger partial charge in [-0.05, 0) is 6.92 Å². The highest BCUT2D eigenvalue weighted by Crippen LogP contribution is 2.26. The van der Waals surface area contributed by atoms with Gasteiger partial charge in [0, 0.05) is 16.7 Å². The summed E-state index contributed by atoms with van der Waals surface area (Å²) in [7, 11) is 0. The second kappa shape index (κ2) is 6.29. The summed E-state index contributed by atoms with van der Waals surface area (Å²) in [6.45, 7) is 1.58. The fraction of sp³-hybridized carbons (Fsp3) is 0.143. The fourth-order valence-electron chi connectivity index (χ4n) is 1.79. The molecule has 0 saturated carbocycles. The molecule has 112 valence electrons. The Bertz CT molecular complexity index is 844. The lowest BCUT2D eigenvalue weighted by Gasteiger charge is -2.04. The van der Waals surface area contributed by atoms with Crippen molar-refractivity contribution in [1.29, 1.82) is 0 Å². The summed E-state index contributed by atoms with van der Waals surface area (Å²) in [6, 6.07) is 10.0. The third-order valence-electron chi connectivity index (χ3n) is 2.94. The van der Waals surface area contributed by atoms with Gasteiger partial charge in [-0.25, -0.2) is 4.98 Å². The van der Waals surface area contributed by atoms with Gasteiger partial charge in [-0.2, -0.15) is 4.68 Å². The van der Waals surface area contributed by atoms with Crippen molar-refractivity contribution in [2.45, 2.75) is 17.8 Å². The van der Waals surface area contributed by atoms with Crippen LogP contribution in [0, 0.1) is 6.92 Å². The molecular formula is C14H13N5OS2. The molecule has 0 spiro atoms. The third kappa shape index (κ3) is 3.02. The molecule has 0 aliphatic carbocycles. The molecule has 0 bridgehead atoms. The van der Waals surface area contributed by atoms with Gasteiger partial charge >= 0.3 is 0 Å². The number of hydrogen-bond acceptors (Lipinski definition) is 7. The van der Waals surface area contributed by atoms with E-state index < -0.39 is 0 Å². The van der Waals surface area contributed by atoms with Gasteiger partial charge in [-0.3, -0.25) is 4.79 Å². The van der Waals surface area contributed by atoms with Crippen LogP contribution in [-0.4, -0.2) is 19.9 Å². The lowest BCUT2D eigenvalue weighted by molar-refractivity contribution is 0.681. The monoisotopic (exact) mass is 331 g/mol. The molecule has 8 heteroatoms. The van der Waals surface area contributed by atoms with E-state index in [-0.39, 0.29) is 11.3 Å². The van der Waals surface area contributed by atoms with E-state index in [1.54, 1.807) is 18.3 Å². The Morgan fingerprint density at radius 3 is 2.82 bits per heavy atom. The van der Waals surface area contributed by atoms with Crippen molar-refractivity contribution < 1.29 is 0 Å². The van der Waals surface area contributed by atoms with Gasteiger partial charge in [0.25, 0.3) is 5.56 Å². The van der Waals surface area contributed by atoms with Crippen molar-refractivity contribution >= 4 is 23.1 Å². The van der Waals surface area contributed by atoms with Crippen LogP contribution < -0.4 is 11.4 Å². The van der Waals surface area contributed by atoms with Crippen molar-refractivity contribution in [2.75, 3.05) is 5.84 Å². The molecule has 3 aromatic rings. The molecule has 2 heterocycles. The van der Waals surface area contributed by atoms with E-state index in [0.717, 1.165) is 20.9 Å². The predicted molar refractivity (Wildman–Crippen MR) is 88.3 cm³/mol. The largest absolute Gasteiger partial charge is 0.334 e. The molecule has 22 heavy (non-hydrogen) atoms. The highest BCUT2D eigenvalue weighted by Gasteiger charge is 2.10. The molecular weight excluding hydrogens is 318 g/mol. The molecule has 3 rings (SSSR count). The molecule has 0 atom stereocenters. The average molecular weight is 331 g/mol. The molecule has 2 N–H and O–H groups in total. The Labute approximate surface area is 135 Å².